The molecule has 0 saturated heterocycles. The predicted octanol–water partition coefficient (Wildman–Crippen LogP) is 2.11. The maximum atomic E-state index is 9.44. The zero-order valence-electron chi connectivity index (χ0n) is 9.74. The lowest BCUT2D eigenvalue weighted by molar-refractivity contribution is 0.409. The quantitative estimate of drug-likeness (QED) is 0.746. The molecular weight excluding hydrogens is 230 g/mol. The molecule has 0 amide bonds. The molecule has 0 aliphatic heterocycles. The molecule has 90 valence electrons. The van der Waals surface area contributed by atoms with Crippen molar-refractivity contribution in [1.82, 2.24) is 14.6 Å². The van der Waals surface area contributed by atoms with Gasteiger partial charge in [-0.05, 0) is 24.3 Å². The standard InChI is InChI=1S/C13H11N3O2/c1-18-12-7-9(17)4-5-10(12)11-8-16-13(15-11)3-2-6-14-16/h2-8,17H,1H3. The zero-order chi connectivity index (χ0) is 12.5. The van der Waals surface area contributed by atoms with Crippen LogP contribution in [0.15, 0.2) is 42.7 Å². The first kappa shape index (κ1) is 10.6. The minimum absolute atomic E-state index is 0.164. The molecule has 0 bridgehead atoms. The summed E-state index contributed by atoms with van der Waals surface area (Å²) >= 11 is 0. The Hall–Kier alpha value is -2.56. The Morgan fingerprint density at radius 2 is 2.17 bits per heavy atom. The van der Waals surface area contributed by atoms with Crippen LogP contribution in [-0.2, 0) is 0 Å². The third-order valence-corrected chi connectivity index (χ3v) is 2.70. The van der Waals surface area contributed by atoms with E-state index in [1.165, 1.54) is 0 Å². The first-order chi connectivity index (χ1) is 8.78. The van der Waals surface area contributed by atoms with Crippen LogP contribution in [0.3, 0.4) is 0 Å². The fourth-order valence-electron chi connectivity index (χ4n) is 1.85. The number of nitrogens with zero attached hydrogens (tertiary/aromatic N) is 3. The molecule has 0 unspecified atom stereocenters. The molecule has 0 atom stereocenters. The molecule has 0 aliphatic rings. The third kappa shape index (κ3) is 1.66. The fourth-order valence-corrected chi connectivity index (χ4v) is 1.85. The Morgan fingerprint density at radius 3 is 2.94 bits per heavy atom. The van der Waals surface area contributed by atoms with Crippen LogP contribution in [0.2, 0.25) is 0 Å². The number of phenolic OH excluding ortho intramolecular Hbond substituents is 1. The van der Waals surface area contributed by atoms with E-state index in [2.05, 4.69) is 10.1 Å². The van der Waals surface area contributed by atoms with Crippen LogP contribution in [-0.4, -0.2) is 26.8 Å². The number of ether oxygens (including phenoxy) is 1. The number of imidazole rings is 1. The molecule has 1 aromatic carbocycles. The SMILES string of the molecule is COc1cc(O)ccc1-c1cn2ncccc2n1. The number of phenols is 1. The number of hydrogen-bond donors (Lipinski definition) is 1. The normalized spacial score (nSPS) is 10.7. The smallest absolute Gasteiger partial charge is 0.154 e. The molecule has 3 aromatic rings. The molecule has 0 saturated carbocycles. The van der Waals surface area contributed by atoms with Gasteiger partial charge in [0.15, 0.2) is 5.65 Å². The van der Waals surface area contributed by atoms with Gasteiger partial charge < -0.3 is 9.84 Å². The number of aromatic nitrogens is 3. The molecule has 3 rings (SSSR count). The highest BCUT2D eigenvalue weighted by atomic mass is 16.5. The lowest BCUT2D eigenvalue weighted by Crippen LogP contribution is -1.87. The van der Waals surface area contributed by atoms with Gasteiger partial charge in [0.25, 0.3) is 0 Å². The number of benzene rings is 1. The Kier molecular flexibility index (Phi) is 2.37. The first-order valence-corrected chi connectivity index (χ1v) is 5.46. The monoisotopic (exact) mass is 241 g/mol. The highest BCUT2D eigenvalue weighted by molar-refractivity contribution is 5.70. The summed E-state index contributed by atoms with van der Waals surface area (Å²) in [6, 6.07) is 8.65. The summed E-state index contributed by atoms with van der Waals surface area (Å²) < 4.78 is 6.94. The van der Waals surface area contributed by atoms with Gasteiger partial charge in [0.05, 0.1) is 19.0 Å². The van der Waals surface area contributed by atoms with E-state index in [-0.39, 0.29) is 5.75 Å². The van der Waals surface area contributed by atoms with E-state index in [1.807, 2.05) is 18.3 Å². The van der Waals surface area contributed by atoms with Gasteiger partial charge in [0.2, 0.25) is 0 Å². The minimum Gasteiger partial charge on any atom is -0.508 e. The highest BCUT2D eigenvalue weighted by Gasteiger charge is 2.10. The number of aromatic hydroxyl groups is 1. The molecule has 5 nitrogen and oxygen atoms in total. The van der Waals surface area contributed by atoms with Crippen molar-refractivity contribution in [2.45, 2.75) is 0 Å². The lowest BCUT2D eigenvalue weighted by Gasteiger charge is -2.05. The molecule has 0 fully saturated rings. The van der Waals surface area contributed by atoms with Crippen LogP contribution in [0.5, 0.6) is 11.5 Å². The van der Waals surface area contributed by atoms with Crippen molar-refractivity contribution in [1.29, 1.82) is 0 Å². The second kappa shape index (κ2) is 4.03. The van der Waals surface area contributed by atoms with E-state index in [9.17, 15) is 5.11 Å². The number of rotatable bonds is 2. The van der Waals surface area contributed by atoms with Crippen LogP contribution in [0.25, 0.3) is 16.9 Å². The predicted molar refractivity (Wildman–Crippen MR) is 66.6 cm³/mol. The van der Waals surface area contributed by atoms with Crippen LogP contribution < -0.4 is 4.74 Å². The van der Waals surface area contributed by atoms with Gasteiger partial charge in [-0.3, -0.25) is 0 Å². The molecule has 18 heavy (non-hydrogen) atoms. The van der Waals surface area contributed by atoms with Crippen LogP contribution in [0.4, 0.5) is 0 Å². The van der Waals surface area contributed by atoms with Gasteiger partial charge in [-0.25, -0.2) is 9.50 Å². The Labute approximate surface area is 103 Å². The lowest BCUT2D eigenvalue weighted by atomic mass is 10.1. The van der Waals surface area contributed by atoms with Crippen LogP contribution in [0, 0.1) is 0 Å². The molecule has 2 heterocycles. The highest BCUT2D eigenvalue weighted by Crippen LogP contribution is 2.32. The average molecular weight is 241 g/mol. The maximum Gasteiger partial charge on any atom is 0.154 e. The van der Waals surface area contributed by atoms with Crippen molar-refractivity contribution < 1.29 is 9.84 Å². The van der Waals surface area contributed by atoms with Crippen molar-refractivity contribution in [2.75, 3.05) is 7.11 Å². The van der Waals surface area contributed by atoms with Gasteiger partial charge in [-0.2, -0.15) is 5.10 Å². The summed E-state index contributed by atoms with van der Waals surface area (Å²) in [6.07, 6.45) is 3.52. The van der Waals surface area contributed by atoms with E-state index in [4.69, 9.17) is 4.74 Å². The van der Waals surface area contributed by atoms with Gasteiger partial charge in [-0.1, -0.05) is 0 Å². The number of hydrogen-bond acceptors (Lipinski definition) is 4. The zero-order valence-corrected chi connectivity index (χ0v) is 9.74. The topological polar surface area (TPSA) is 59.7 Å². The van der Waals surface area contributed by atoms with Gasteiger partial charge in [0, 0.05) is 17.8 Å². The maximum absolute atomic E-state index is 9.44. The Bertz CT molecular complexity index is 673. The summed E-state index contributed by atoms with van der Waals surface area (Å²) in [5.41, 5.74) is 2.34. The average Bonchev–Trinajstić information content (AvgIpc) is 2.82. The van der Waals surface area contributed by atoms with Crippen molar-refractivity contribution >= 4 is 5.65 Å². The fraction of sp³-hybridized carbons (Fsp3) is 0.0769. The second-order valence-electron chi connectivity index (χ2n) is 3.84. The molecule has 5 heteroatoms. The van der Waals surface area contributed by atoms with Gasteiger partial charge in [-0.15, -0.1) is 0 Å². The summed E-state index contributed by atoms with van der Waals surface area (Å²) in [7, 11) is 1.56. The van der Waals surface area contributed by atoms with E-state index in [0.717, 1.165) is 16.9 Å². The number of fused-ring (bicyclic) bond motifs is 1. The first-order valence-electron chi connectivity index (χ1n) is 5.46. The molecule has 0 radical (unpaired) electrons. The van der Waals surface area contributed by atoms with Crippen molar-refractivity contribution in [3.8, 4) is 22.8 Å². The Morgan fingerprint density at radius 1 is 1.28 bits per heavy atom. The van der Waals surface area contributed by atoms with E-state index >= 15 is 0 Å². The summed E-state index contributed by atoms with van der Waals surface area (Å²) in [5, 5.41) is 13.6. The van der Waals surface area contributed by atoms with Gasteiger partial charge in [0.1, 0.15) is 11.5 Å². The van der Waals surface area contributed by atoms with Crippen LogP contribution >= 0.6 is 0 Å². The molecule has 1 N–H and O–H groups in total. The molecule has 0 spiro atoms. The van der Waals surface area contributed by atoms with Crippen molar-refractivity contribution in [3.63, 3.8) is 0 Å². The number of methoxy groups -OCH3 is 1. The molecule has 2 aromatic heterocycles. The summed E-state index contributed by atoms with van der Waals surface area (Å²) in [5.74, 6) is 0.746. The van der Waals surface area contributed by atoms with E-state index in [0.29, 0.717) is 5.75 Å². The molecule has 0 aliphatic carbocycles. The van der Waals surface area contributed by atoms with Crippen molar-refractivity contribution in [3.05, 3.63) is 42.7 Å². The van der Waals surface area contributed by atoms with E-state index < -0.39 is 0 Å². The van der Waals surface area contributed by atoms with Crippen molar-refractivity contribution in [2.24, 2.45) is 0 Å². The summed E-state index contributed by atoms with van der Waals surface area (Å²) in [4.78, 5) is 4.46. The minimum atomic E-state index is 0.164. The largest absolute Gasteiger partial charge is 0.508 e. The van der Waals surface area contributed by atoms with Gasteiger partial charge >= 0.3 is 0 Å². The summed E-state index contributed by atoms with van der Waals surface area (Å²) in [6.45, 7) is 0. The molecular formula is C13H11N3O2. The van der Waals surface area contributed by atoms with E-state index in [1.54, 1.807) is 36.0 Å². The van der Waals surface area contributed by atoms with Crippen LogP contribution in [0.1, 0.15) is 0 Å². The Balaban J connectivity index is 2.19. The third-order valence-electron chi connectivity index (χ3n) is 2.70. The second-order valence-corrected chi connectivity index (χ2v) is 3.84.